The van der Waals surface area contributed by atoms with Gasteiger partial charge in [0.15, 0.2) is 0 Å². The van der Waals surface area contributed by atoms with Gasteiger partial charge in [0.05, 0.1) is 10.7 Å². The van der Waals surface area contributed by atoms with Gasteiger partial charge in [-0.25, -0.2) is 0 Å². The van der Waals surface area contributed by atoms with Crippen LogP contribution in [0.5, 0.6) is 0 Å². The van der Waals surface area contributed by atoms with Crippen molar-refractivity contribution >= 4 is 17.9 Å². The number of hydrogen-bond acceptors (Lipinski definition) is 2. The Bertz CT molecular complexity index is 333. The van der Waals surface area contributed by atoms with E-state index in [1.807, 2.05) is 6.07 Å². The molecule has 0 N–H and O–H groups in total. The zero-order valence-electron chi connectivity index (χ0n) is 7.16. The highest BCUT2D eigenvalue weighted by atomic mass is 35.5. The molecule has 2 rings (SSSR count). The van der Waals surface area contributed by atoms with Crippen molar-refractivity contribution in [2.24, 2.45) is 5.41 Å². The molecule has 1 aliphatic rings. The zero-order chi connectivity index (χ0) is 9.31. The Labute approximate surface area is 81.9 Å². The van der Waals surface area contributed by atoms with Crippen LogP contribution in [-0.4, -0.2) is 11.3 Å². The van der Waals surface area contributed by atoms with Crippen molar-refractivity contribution in [1.29, 1.82) is 0 Å². The topological polar surface area (TPSA) is 30.0 Å². The number of aromatic nitrogens is 1. The zero-order valence-corrected chi connectivity index (χ0v) is 7.92. The lowest BCUT2D eigenvalue weighted by atomic mass is 10.0. The van der Waals surface area contributed by atoms with E-state index in [1.54, 1.807) is 12.3 Å². The fourth-order valence-corrected chi connectivity index (χ4v) is 1.57. The van der Waals surface area contributed by atoms with Crippen LogP contribution in [0.3, 0.4) is 0 Å². The third kappa shape index (κ3) is 1.73. The van der Waals surface area contributed by atoms with Crippen molar-refractivity contribution < 1.29 is 4.79 Å². The van der Waals surface area contributed by atoms with Crippen molar-refractivity contribution in [3.8, 4) is 0 Å². The quantitative estimate of drug-likeness (QED) is 0.693. The third-order valence-corrected chi connectivity index (χ3v) is 2.84. The number of rotatable bonds is 3. The van der Waals surface area contributed by atoms with Crippen LogP contribution in [0.25, 0.3) is 0 Å². The predicted molar refractivity (Wildman–Crippen MR) is 50.7 cm³/mol. The Morgan fingerprint density at radius 3 is 2.92 bits per heavy atom. The normalized spacial score (nSPS) is 18.2. The molecule has 1 aromatic rings. The van der Waals surface area contributed by atoms with Gasteiger partial charge in [0.1, 0.15) is 6.29 Å². The van der Waals surface area contributed by atoms with Crippen molar-refractivity contribution in [2.45, 2.75) is 19.3 Å². The highest BCUT2D eigenvalue weighted by Crippen LogP contribution is 2.46. The highest BCUT2D eigenvalue weighted by molar-refractivity contribution is 6.31. The standard InChI is InChI=1S/C10H10ClNO/c11-8-2-1-5-12-9(8)6-10(7-13)3-4-10/h1-2,5,7H,3-4,6H2. The summed E-state index contributed by atoms with van der Waals surface area (Å²) in [4.78, 5) is 14.9. The number of aldehydes is 1. The summed E-state index contributed by atoms with van der Waals surface area (Å²) in [5, 5.41) is 0.663. The minimum atomic E-state index is -0.141. The van der Waals surface area contributed by atoms with Gasteiger partial charge < -0.3 is 4.79 Å². The van der Waals surface area contributed by atoms with Gasteiger partial charge in [0, 0.05) is 18.0 Å². The molecule has 2 nitrogen and oxygen atoms in total. The maximum absolute atomic E-state index is 10.7. The molecule has 1 fully saturated rings. The van der Waals surface area contributed by atoms with Gasteiger partial charge in [0.2, 0.25) is 0 Å². The second-order valence-corrected chi connectivity index (χ2v) is 4.00. The molecule has 0 amide bonds. The van der Waals surface area contributed by atoms with Gasteiger partial charge in [-0.05, 0) is 25.0 Å². The number of pyridine rings is 1. The third-order valence-electron chi connectivity index (χ3n) is 2.50. The molecule has 1 aromatic heterocycles. The van der Waals surface area contributed by atoms with E-state index in [1.165, 1.54) is 0 Å². The summed E-state index contributed by atoms with van der Waals surface area (Å²) in [6.45, 7) is 0. The van der Waals surface area contributed by atoms with E-state index in [9.17, 15) is 4.79 Å². The molecule has 0 radical (unpaired) electrons. The Kier molecular flexibility index (Phi) is 2.08. The molecule has 1 aliphatic carbocycles. The average molecular weight is 196 g/mol. The van der Waals surface area contributed by atoms with Gasteiger partial charge in [-0.2, -0.15) is 0 Å². The minimum absolute atomic E-state index is 0.141. The van der Waals surface area contributed by atoms with Gasteiger partial charge in [-0.15, -0.1) is 0 Å². The molecule has 0 unspecified atom stereocenters. The molecule has 0 atom stereocenters. The van der Waals surface area contributed by atoms with Crippen LogP contribution in [-0.2, 0) is 11.2 Å². The Morgan fingerprint density at radius 2 is 2.38 bits per heavy atom. The lowest BCUT2D eigenvalue weighted by molar-refractivity contribution is -0.112. The molecule has 1 saturated carbocycles. The first-order valence-electron chi connectivity index (χ1n) is 4.31. The first kappa shape index (κ1) is 8.70. The molecular weight excluding hydrogens is 186 g/mol. The molecule has 68 valence electrons. The van der Waals surface area contributed by atoms with Crippen LogP contribution in [0.15, 0.2) is 18.3 Å². The van der Waals surface area contributed by atoms with Gasteiger partial charge in [0.25, 0.3) is 0 Å². The van der Waals surface area contributed by atoms with Crippen molar-refractivity contribution in [2.75, 3.05) is 0 Å². The van der Waals surface area contributed by atoms with Crippen LogP contribution in [0.1, 0.15) is 18.5 Å². The molecule has 0 aromatic carbocycles. The fourth-order valence-electron chi connectivity index (χ4n) is 1.38. The number of nitrogens with zero attached hydrogens (tertiary/aromatic N) is 1. The van der Waals surface area contributed by atoms with Crippen molar-refractivity contribution in [3.63, 3.8) is 0 Å². The van der Waals surface area contributed by atoms with Crippen molar-refractivity contribution in [3.05, 3.63) is 29.0 Å². The summed E-state index contributed by atoms with van der Waals surface area (Å²) in [5.74, 6) is 0. The lowest BCUT2D eigenvalue weighted by Gasteiger charge is -2.06. The summed E-state index contributed by atoms with van der Waals surface area (Å²) >= 11 is 5.94. The first-order valence-corrected chi connectivity index (χ1v) is 4.69. The van der Waals surface area contributed by atoms with Crippen LogP contribution >= 0.6 is 11.6 Å². The molecule has 0 bridgehead atoms. The lowest BCUT2D eigenvalue weighted by Crippen LogP contribution is -2.07. The van der Waals surface area contributed by atoms with E-state index >= 15 is 0 Å². The van der Waals surface area contributed by atoms with Crippen LogP contribution < -0.4 is 0 Å². The number of hydrogen-bond donors (Lipinski definition) is 0. The molecular formula is C10H10ClNO. The summed E-state index contributed by atoms with van der Waals surface area (Å²) in [5.41, 5.74) is 0.701. The Morgan fingerprint density at radius 1 is 1.62 bits per heavy atom. The number of halogens is 1. The number of carbonyl (C=O) groups excluding carboxylic acids is 1. The Balaban J connectivity index is 2.18. The second kappa shape index (κ2) is 3.11. The van der Waals surface area contributed by atoms with E-state index in [-0.39, 0.29) is 5.41 Å². The second-order valence-electron chi connectivity index (χ2n) is 3.59. The van der Waals surface area contributed by atoms with E-state index in [0.717, 1.165) is 24.8 Å². The van der Waals surface area contributed by atoms with E-state index < -0.39 is 0 Å². The minimum Gasteiger partial charge on any atom is -0.303 e. The summed E-state index contributed by atoms with van der Waals surface area (Å²) < 4.78 is 0. The molecule has 0 saturated heterocycles. The SMILES string of the molecule is O=CC1(Cc2ncccc2Cl)CC1. The fraction of sp³-hybridized carbons (Fsp3) is 0.400. The van der Waals surface area contributed by atoms with Crippen LogP contribution in [0.2, 0.25) is 5.02 Å². The molecule has 0 aliphatic heterocycles. The van der Waals surface area contributed by atoms with Crippen LogP contribution in [0.4, 0.5) is 0 Å². The summed E-state index contributed by atoms with van der Waals surface area (Å²) in [6, 6.07) is 3.61. The predicted octanol–water partition coefficient (Wildman–Crippen LogP) is 2.26. The molecule has 0 spiro atoms. The maximum atomic E-state index is 10.7. The first-order chi connectivity index (χ1) is 6.26. The van der Waals surface area contributed by atoms with Gasteiger partial charge in [-0.3, -0.25) is 4.98 Å². The molecule has 13 heavy (non-hydrogen) atoms. The monoisotopic (exact) mass is 195 g/mol. The van der Waals surface area contributed by atoms with E-state index in [2.05, 4.69) is 4.98 Å². The van der Waals surface area contributed by atoms with E-state index in [0.29, 0.717) is 11.4 Å². The van der Waals surface area contributed by atoms with Gasteiger partial charge in [-0.1, -0.05) is 11.6 Å². The molecule has 3 heteroatoms. The maximum Gasteiger partial charge on any atom is 0.126 e. The largest absolute Gasteiger partial charge is 0.303 e. The van der Waals surface area contributed by atoms with Gasteiger partial charge >= 0.3 is 0 Å². The summed E-state index contributed by atoms with van der Waals surface area (Å²) in [7, 11) is 0. The smallest absolute Gasteiger partial charge is 0.126 e. The Hall–Kier alpha value is -0.890. The van der Waals surface area contributed by atoms with Crippen LogP contribution in [0, 0.1) is 5.41 Å². The number of carbonyl (C=O) groups is 1. The average Bonchev–Trinajstić information content (AvgIpc) is 2.90. The summed E-state index contributed by atoms with van der Waals surface area (Å²) in [6.07, 6.45) is 5.39. The van der Waals surface area contributed by atoms with Crippen molar-refractivity contribution in [1.82, 2.24) is 4.98 Å². The highest BCUT2D eigenvalue weighted by Gasteiger charge is 2.43. The van der Waals surface area contributed by atoms with E-state index in [4.69, 9.17) is 11.6 Å². The molecule has 1 heterocycles.